The van der Waals surface area contributed by atoms with Crippen molar-refractivity contribution in [3.05, 3.63) is 79.9 Å². The van der Waals surface area contributed by atoms with E-state index in [4.69, 9.17) is 9.47 Å². The molecule has 0 heterocycles. The average Bonchev–Trinajstić information content (AvgIpc) is 2.92. The van der Waals surface area contributed by atoms with Crippen molar-refractivity contribution in [2.24, 2.45) is 80.8 Å². The maximum Gasteiger partial charge on any atom is 0.336 e. The predicted molar refractivity (Wildman–Crippen MR) is 285 cm³/mol. The lowest BCUT2D eigenvalue weighted by molar-refractivity contribution is -0.206. The minimum absolute atomic E-state index is 0.207. The first kappa shape index (κ1) is 48.3. The summed E-state index contributed by atoms with van der Waals surface area (Å²) in [7, 11) is 0. The fourth-order valence-corrected chi connectivity index (χ4v) is 24.8. The van der Waals surface area contributed by atoms with Crippen LogP contribution in [0.1, 0.15) is 229 Å². The van der Waals surface area contributed by atoms with Crippen LogP contribution in [0.25, 0.3) is 0 Å². The third-order valence-electron chi connectivity index (χ3n) is 25.4. The molecule has 0 aromatic heterocycles. The Balaban J connectivity index is 0.960. The SMILES string of the molecule is Cc1cc(Oc2cc(Oc3cc(C)c(C(=O)O)c(C(=O)O)c3C)c(C34CC5CC(C3)CC(C36CC7CC(CC(C7)C3)C6)(C5)C4)cc2C23CC4CC(C2)CC(C25CC6CC(CC(C6)C2)C5)(C4)C3)c(C)c(C(=O)O)c1C(=O)O. The number of carboxylic acid groups (broad SMARTS) is 4. The number of aryl methyl sites for hydroxylation is 2. The molecule has 0 radical (unpaired) electrons. The largest absolute Gasteiger partial charge is 0.478 e. The molecule has 3 aromatic rings. The third-order valence-corrected chi connectivity index (χ3v) is 25.4. The highest BCUT2D eigenvalue weighted by Crippen LogP contribution is 2.80. The summed E-state index contributed by atoms with van der Waals surface area (Å²) in [5.41, 5.74) is 3.28. The number of benzene rings is 3. The van der Waals surface area contributed by atoms with Gasteiger partial charge in [-0.05, 0) is 292 Å². The number of rotatable bonds is 12. The summed E-state index contributed by atoms with van der Waals surface area (Å²) in [5, 5.41) is 42.2. The average molecular weight is 1030 g/mol. The highest BCUT2D eigenvalue weighted by atomic mass is 16.5. The summed E-state index contributed by atoms with van der Waals surface area (Å²) < 4.78 is 14.8. The number of hydrogen-bond acceptors (Lipinski definition) is 6. The number of hydrogen-bond donors (Lipinski definition) is 4. The molecule has 10 heteroatoms. The number of ether oxygens (including phenoxy) is 2. The lowest BCUT2D eigenvalue weighted by atomic mass is 9.32. The van der Waals surface area contributed by atoms with Crippen LogP contribution in [-0.4, -0.2) is 44.3 Å². The molecular formula is C66H78O10. The van der Waals surface area contributed by atoms with Crippen molar-refractivity contribution in [2.45, 2.75) is 193 Å². The van der Waals surface area contributed by atoms with E-state index in [1.165, 1.54) is 127 Å². The molecule has 16 aliphatic rings. The molecule has 10 nitrogen and oxygen atoms in total. The topological polar surface area (TPSA) is 168 Å². The van der Waals surface area contributed by atoms with Crippen molar-refractivity contribution in [1.29, 1.82) is 0 Å². The molecule has 16 aliphatic carbocycles. The second-order valence-corrected chi connectivity index (χ2v) is 29.8. The molecule has 0 spiro atoms. The Morgan fingerprint density at radius 3 is 0.921 bits per heavy atom. The number of carboxylic acids is 4. The van der Waals surface area contributed by atoms with Crippen molar-refractivity contribution < 1.29 is 49.1 Å². The molecule has 4 unspecified atom stereocenters. The minimum Gasteiger partial charge on any atom is -0.478 e. The molecule has 402 valence electrons. The summed E-state index contributed by atoms with van der Waals surface area (Å²) in [4.78, 5) is 51.7. The van der Waals surface area contributed by atoms with Gasteiger partial charge in [-0.1, -0.05) is 0 Å². The van der Waals surface area contributed by atoms with Crippen LogP contribution in [0.3, 0.4) is 0 Å². The van der Waals surface area contributed by atoms with Gasteiger partial charge in [0, 0.05) is 39.2 Å². The van der Waals surface area contributed by atoms with Crippen LogP contribution < -0.4 is 9.47 Å². The van der Waals surface area contributed by atoms with Gasteiger partial charge in [-0.15, -0.1) is 0 Å². The number of carbonyl (C=O) groups is 4. The first-order valence-corrected chi connectivity index (χ1v) is 29.9. The van der Waals surface area contributed by atoms with Crippen molar-refractivity contribution in [3.8, 4) is 23.0 Å². The maximum atomic E-state index is 13.1. The van der Waals surface area contributed by atoms with Gasteiger partial charge in [-0.25, -0.2) is 19.2 Å². The predicted octanol–water partition coefficient (Wildman–Crippen LogP) is 15.4. The van der Waals surface area contributed by atoms with E-state index in [1.54, 1.807) is 39.8 Å². The summed E-state index contributed by atoms with van der Waals surface area (Å²) in [6.07, 6.45) is 31.1. The van der Waals surface area contributed by atoms with Crippen LogP contribution in [0.4, 0.5) is 0 Å². The third kappa shape index (κ3) is 6.68. The van der Waals surface area contributed by atoms with Gasteiger partial charge in [-0.3, -0.25) is 0 Å². The van der Waals surface area contributed by atoms with Gasteiger partial charge in [0.2, 0.25) is 0 Å². The minimum atomic E-state index is -1.32. The fourth-order valence-electron chi connectivity index (χ4n) is 24.8. The van der Waals surface area contributed by atoms with Gasteiger partial charge < -0.3 is 29.9 Å². The van der Waals surface area contributed by atoms with E-state index >= 15 is 0 Å². The zero-order chi connectivity index (χ0) is 52.4. The maximum absolute atomic E-state index is 13.1. The quantitative estimate of drug-likeness (QED) is 0.137. The van der Waals surface area contributed by atoms with Crippen LogP contribution in [0.5, 0.6) is 23.0 Å². The molecule has 4 N–H and O–H groups in total. The molecule has 0 saturated heterocycles. The first-order valence-electron chi connectivity index (χ1n) is 29.9. The zero-order valence-corrected chi connectivity index (χ0v) is 45.3. The van der Waals surface area contributed by atoms with Crippen LogP contribution >= 0.6 is 0 Å². The van der Waals surface area contributed by atoms with E-state index in [-0.39, 0.29) is 55.0 Å². The summed E-state index contributed by atoms with van der Waals surface area (Å²) >= 11 is 0. The highest BCUT2D eigenvalue weighted by molar-refractivity contribution is 6.05. The van der Waals surface area contributed by atoms with E-state index in [0.717, 1.165) is 74.0 Å². The van der Waals surface area contributed by atoms with Gasteiger partial charge in [0.25, 0.3) is 0 Å². The van der Waals surface area contributed by atoms with Gasteiger partial charge in [0.15, 0.2) is 0 Å². The van der Waals surface area contributed by atoms with Crippen LogP contribution in [0, 0.1) is 109 Å². The Morgan fingerprint density at radius 2 is 0.632 bits per heavy atom. The lowest BCUT2D eigenvalue weighted by Crippen LogP contribution is -2.64. The summed E-state index contributed by atoms with van der Waals surface area (Å²) in [6.45, 7) is 6.61. The molecule has 16 fully saturated rings. The van der Waals surface area contributed by atoms with Crippen molar-refractivity contribution in [3.63, 3.8) is 0 Å². The van der Waals surface area contributed by atoms with E-state index in [2.05, 4.69) is 12.1 Å². The molecule has 4 atom stereocenters. The van der Waals surface area contributed by atoms with Gasteiger partial charge in [0.05, 0.1) is 22.3 Å². The Bertz CT molecular complexity index is 2800. The molecular weight excluding hydrogens is 953 g/mol. The molecule has 3 aromatic carbocycles. The van der Waals surface area contributed by atoms with Gasteiger partial charge in [0.1, 0.15) is 23.0 Å². The Kier molecular flexibility index (Phi) is 10.1. The normalized spacial score (nSPS) is 42.2. The van der Waals surface area contributed by atoms with E-state index in [9.17, 15) is 39.6 Å². The Hall–Kier alpha value is -4.86. The second-order valence-electron chi connectivity index (χ2n) is 29.8. The van der Waals surface area contributed by atoms with Crippen molar-refractivity contribution >= 4 is 23.9 Å². The molecule has 76 heavy (non-hydrogen) atoms. The van der Waals surface area contributed by atoms with Gasteiger partial charge >= 0.3 is 23.9 Å². The van der Waals surface area contributed by atoms with Crippen LogP contribution in [0.15, 0.2) is 24.3 Å². The van der Waals surface area contributed by atoms with E-state index in [0.29, 0.717) is 68.6 Å². The summed E-state index contributed by atoms with van der Waals surface area (Å²) in [5.74, 6) is 4.08. The van der Waals surface area contributed by atoms with Gasteiger partial charge in [-0.2, -0.15) is 0 Å². The molecule has 0 amide bonds. The fraction of sp³-hybridized carbons (Fsp3) is 0.667. The standard InChI is InChI=1S/C66H78O10/c1-33-5-49(35(3)55(59(71)72)53(33)57(67)68)75-51-16-52(76-50-6-34(2)54(58(69)70)56(36(50)4)60(73)74)48(62-19-45-14-46(20-62)30-66(29-45,32-62)64-24-40-10-41(25-64)12-42(11-40)26-64)15-47(51)61-17-43-13-44(18-61)28-65(27-43,31-61)63-21-37-7-38(22-63)9-39(8-37)23-63/h5-6,15-16,37-46H,7-14,17-32H2,1-4H3,(H,67,68)(H,69,70)(H,71,72)(H,73,74). The van der Waals surface area contributed by atoms with Crippen molar-refractivity contribution in [1.82, 2.24) is 0 Å². The first-order chi connectivity index (χ1) is 36.2. The monoisotopic (exact) mass is 1030 g/mol. The Labute approximate surface area is 447 Å². The molecule has 16 saturated carbocycles. The summed E-state index contributed by atoms with van der Waals surface area (Å²) in [6, 6.07) is 8.05. The Morgan fingerprint density at radius 1 is 0.355 bits per heavy atom. The molecule has 19 rings (SSSR count). The van der Waals surface area contributed by atoms with E-state index in [1.807, 2.05) is 0 Å². The van der Waals surface area contributed by atoms with E-state index < -0.39 is 23.9 Å². The lowest BCUT2D eigenvalue weighted by Gasteiger charge is -2.73. The second kappa shape index (κ2) is 15.9. The molecule has 0 aliphatic heterocycles. The molecule has 16 bridgehead atoms. The van der Waals surface area contributed by atoms with Crippen LogP contribution in [0.2, 0.25) is 0 Å². The highest BCUT2D eigenvalue weighted by Gasteiger charge is 2.71. The smallest absolute Gasteiger partial charge is 0.336 e. The zero-order valence-electron chi connectivity index (χ0n) is 45.3. The van der Waals surface area contributed by atoms with Crippen LogP contribution in [-0.2, 0) is 10.8 Å². The number of aromatic carboxylic acids is 4. The van der Waals surface area contributed by atoms with Crippen molar-refractivity contribution in [2.75, 3.05) is 0 Å².